The number of methoxy groups -OCH3 is 1. The Morgan fingerprint density at radius 1 is 1.32 bits per heavy atom. The topological polar surface area (TPSA) is 64.3 Å². The summed E-state index contributed by atoms with van der Waals surface area (Å²) in [5, 5.41) is 2.53. The van der Waals surface area contributed by atoms with Gasteiger partial charge in [0, 0.05) is 11.6 Å². The molecule has 3 N–H and O–H groups in total. The highest BCUT2D eigenvalue weighted by Gasteiger charge is 2.48. The molecule has 0 aromatic heterocycles. The van der Waals surface area contributed by atoms with Gasteiger partial charge in [-0.2, -0.15) is 13.2 Å². The van der Waals surface area contributed by atoms with Crippen LogP contribution < -0.4 is 15.8 Å². The van der Waals surface area contributed by atoms with E-state index in [0.29, 0.717) is 30.0 Å². The van der Waals surface area contributed by atoms with Crippen molar-refractivity contribution in [2.45, 2.75) is 31.9 Å². The molecule has 122 valence electrons. The lowest BCUT2D eigenvalue weighted by Gasteiger charge is -2.32. The molecule has 2 unspecified atom stereocenters. The van der Waals surface area contributed by atoms with E-state index in [2.05, 4.69) is 5.32 Å². The fourth-order valence-electron chi connectivity index (χ4n) is 2.88. The van der Waals surface area contributed by atoms with Gasteiger partial charge in [0.25, 0.3) is 0 Å². The molecular weight excluding hydrogens is 297 g/mol. The van der Waals surface area contributed by atoms with Crippen molar-refractivity contribution in [1.82, 2.24) is 0 Å². The van der Waals surface area contributed by atoms with Crippen LogP contribution in [0, 0.1) is 11.8 Å². The SMILES string of the molecule is COc1ccc(NC(=O)C2CCCCC2C(F)(F)F)cc1N. The number of hydrogen-bond acceptors (Lipinski definition) is 3. The standard InChI is InChI=1S/C15H19F3N2O2/c1-22-13-7-6-9(8-12(13)19)20-14(21)10-4-2-3-5-11(10)15(16,17)18/h6-8,10-11H,2-5,19H2,1H3,(H,20,21). The van der Waals surface area contributed by atoms with Crippen molar-refractivity contribution in [3.63, 3.8) is 0 Å². The molecule has 1 amide bonds. The van der Waals surface area contributed by atoms with Crippen molar-refractivity contribution in [2.24, 2.45) is 11.8 Å². The van der Waals surface area contributed by atoms with Crippen LogP contribution in [0.3, 0.4) is 0 Å². The summed E-state index contributed by atoms with van der Waals surface area (Å²) in [5.41, 5.74) is 6.41. The van der Waals surface area contributed by atoms with Gasteiger partial charge in [-0.15, -0.1) is 0 Å². The number of ether oxygens (including phenoxy) is 1. The Labute approximate surface area is 126 Å². The predicted molar refractivity (Wildman–Crippen MR) is 77.5 cm³/mol. The van der Waals surface area contributed by atoms with E-state index in [1.165, 1.54) is 13.2 Å². The maximum Gasteiger partial charge on any atom is 0.392 e. The van der Waals surface area contributed by atoms with Crippen LogP contribution >= 0.6 is 0 Å². The molecule has 1 fully saturated rings. The summed E-state index contributed by atoms with van der Waals surface area (Å²) in [5.74, 6) is -2.77. The van der Waals surface area contributed by atoms with Crippen LogP contribution in [-0.2, 0) is 4.79 Å². The van der Waals surface area contributed by atoms with Gasteiger partial charge < -0.3 is 15.8 Å². The van der Waals surface area contributed by atoms with E-state index >= 15 is 0 Å². The van der Waals surface area contributed by atoms with Crippen molar-refractivity contribution in [2.75, 3.05) is 18.2 Å². The molecule has 0 spiro atoms. The highest BCUT2D eigenvalue weighted by atomic mass is 19.4. The molecule has 22 heavy (non-hydrogen) atoms. The molecule has 0 radical (unpaired) electrons. The maximum atomic E-state index is 13.0. The lowest BCUT2D eigenvalue weighted by atomic mass is 9.78. The van der Waals surface area contributed by atoms with E-state index in [4.69, 9.17) is 10.5 Å². The highest BCUT2D eigenvalue weighted by molar-refractivity contribution is 5.93. The highest BCUT2D eigenvalue weighted by Crippen LogP contribution is 2.42. The van der Waals surface area contributed by atoms with Gasteiger partial charge in [-0.3, -0.25) is 4.79 Å². The van der Waals surface area contributed by atoms with Gasteiger partial charge in [0.15, 0.2) is 0 Å². The molecule has 0 heterocycles. The number of hydrogen-bond donors (Lipinski definition) is 2. The second-order valence-corrected chi connectivity index (χ2v) is 5.49. The van der Waals surface area contributed by atoms with E-state index in [1.54, 1.807) is 12.1 Å². The number of amides is 1. The summed E-state index contributed by atoms with van der Waals surface area (Å²) < 4.78 is 44.1. The van der Waals surface area contributed by atoms with E-state index in [0.717, 1.165) is 0 Å². The smallest absolute Gasteiger partial charge is 0.392 e. The van der Waals surface area contributed by atoms with Gasteiger partial charge >= 0.3 is 6.18 Å². The second kappa shape index (κ2) is 6.46. The fraction of sp³-hybridized carbons (Fsp3) is 0.533. The molecule has 1 aliphatic carbocycles. The van der Waals surface area contributed by atoms with Crippen LogP contribution in [-0.4, -0.2) is 19.2 Å². The quantitative estimate of drug-likeness (QED) is 0.838. The normalized spacial score (nSPS) is 22.2. The minimum absolute atomic E-state index is 0.00629. The minimum atomic E-state index is -4.35. The lowest BCUT2D eigenvalue weighted by molar-refractivity contribution is -0.197. The first kappa shape index (κ1) is 16.5. The molecule has 2 rings (SSSR count). The predicted octanol–water partition coefficient (Wildman–Crippen LogP) is 3.58. The Balaban J connectivity index is 2.11. The van der Waals surface area contributed by atoms with E-state index in [1.807, 2.05) is 0 Å². The van der Waals surface area contributed by atoms with Crippen LogP contribution in [0.1, 0.15) is 25.7 Å². The zero-order chi connectivity index (χ0) is 16.3. The van der Waals surface area contributed by atoms with Crippen LogP contribution in [0.4, 0.5) is 24.5 Å². The van der Waals surface area contributed by atoms with Gasteiger partial charge in [0.2, 0.25) is 5.91 Å². The number of benzene rings is 1. The Hall–Kier alpha value is -1.92. The molecule has 4 nitrogen and oxygen atoms in total. The summed E-state index contributed by atoms with van der Waals surface area (Å²) in [6.45, 7) is 0. The van der Waals surface area contributed by atoms with E-state index in [-0.39, 0.29) is 12.8 Å². The first-order valence-electron chi connectivity index (χ1n) is 7.14. The molecule has 7 heteroatoms. The number of anilines is 2. The molecular formula is C15H19F3N2O2. The van der Waals surface area contributed by atoms with E-state index in [9.17, 15) is 18.0 Å². The Morgan fingerprint density at radius 3 is 2.59 bits per heavy atom. The van der Waals surface area contributed by atoms with E-state index < -0.39 is 23.9 Å². The van der Waals surface area contributed by atoms with Gasteiger partial charge in [0.05, 0.1) is 18.7 Å². The van der Waals surface area contributed by atoms with Gasteiger partial charge in [-0.1, -0.05) is 12.8 Å². The third-order valence-corrected chi connectivity index (χ3v) is 4.02. The van der Waals surface area contributed by atoms with Crippen molar-refractivity contribution >= 4 is 17.3 Å². The molecule has 1 aliphatic rings. The number of halogens is 3. The zero-order valence-corrected chi connectivity index (χ0v) is 12.2. The third kappa shape index (κ3) is 3.64. The number of alkyl halides is 3. The second-order valence-electron chi connectivity index (χ2n) is 5.49. The molecule has 1 saturated carbocycles. The Kier molecular flexibility index (Phi) is 4.83. The Morgan fingerprint density at radius 2 is 2.00 bits per heavy atom. The number of carbonyl (C=O) groups excluding carboxylic acids is 1. The average molecular weight is 316 g/mol. The lowest BCUT2D eigenvalue weighted by Crippen LogP contribution is -2.39. The molecule has 0 aliphatic heterocycles. The van der Waals surface area contributed by atoms with Crippen molar-refractivity contribution < 1.29 is 22.7 Å². The molecule has 2 atom stereocenters. The van der Waals surface area contributed by atoms with Crippen molar-refractivity contribution in [3.05, 3.63) is 18.2 Å². The summed E-state index contributed by atoms with van der Waals surface area (Å²) >= 11 is 0. The summed E-state index contributed by atoms with van der Waals surface area (Å²) in [7, 11) is 1.46. The first-order chi connectivity index (χ1) is 10.3. The van der Waals surface area contributed by atoms with Crippen LogP contribution in [0.15, 0.2) is 18.2 Å². The summed E-state index contributed by atoms with van der Waals surface area (Å²) in [6.07, 6.45) is -2.95. The van der Waals surface area contributed by atoms with Gasteiger partial charge in [-0.05, 0) is 31.0 Å². The Bertz CT molecular complexity index is 546. The van der Waals surface area contributed by atoms with Crippen molar-refractivity contribution in [3.8, 4) is 5.75 Å². The first-order valence-corrected chi connectivity index (χ1v) is 7.14. The average Bonchev–Trinajstić information content (AvgIpc) is 2.46. The van der Waals surface area contributed by atoms with Crippen LogP contribution in [0.25, 0.3) is 0 Å². The van der Waals surface area contributed by atoms with Crippen molar-refractivity contribution in [1.29, 1.82) is 0 Å². The molecule has 1 aromatic rings. The number of nitrogen functional groups attached to an aromatic ring is 1. The molecule has 1 aromatic carbocycles. The summed E-state index contributed by atoms with van der Waals surface area (Å²) in [4.78, 5) is 12.2. The third-order valence-electron chi connectivity index (χ3n) is 4.02. The van der Waals surface area contributed by atoms with Crippen LogP contribution in [0.2, 0.25) is 0 Å². The molecule has 0 saturated heterocycles. The minimum Gasteiger partial charge on any atom is -0.495 e. The molecule has 0 bridgehead atoms. The number of nitrogens with one attached hydrogen (secondary N) is 1. The zero-order valence-electron chi connectivity index (χ0n) is 12.2. The number of nitrogens with two attached hydrogens (primary N) is 1. The number of carbonyl (C=O) groups is 1. The fourth-order valence-corrected chi connectivity index (χ4v) is 2.88. The maximum absolute atomic E-state index is 13.0. The monoisotopic (exact) mass is 316 g/mol. The largest absolute Gasteiger partial charge is 0.495 e. The number of rotatable bonds is 3. The van der Waals surface area contributed by atoms with Gasteiger partial charge in [-0.25, -0.2) is 0 Å². The van der Waals surface area contributed by atoms with Gasteiger partial charge in [0.1, 0.15) is 5.75 Å². The van der Waals surface area contributed by atoms with Crippen LogP contribution in [0.5, 0.6) is 5.75 Å². The summed E-state index contributed by atoms with van der Waals surface area (Å²) in [6, 6.07) is 4.59.